The van der Waals surface area contributed by atoms with E-state index in [-0.39, 0.29) is 22.9 Å². The summed E-state index contributed by atoms with van der Waals surface area (Å²) in [6, 6.07) is 11.0. The summed E-state index contributed by atoms with van der Waals surface area (Å²) in [7, 11) is -3.68. The van der Waals surface area contributed by atoms with Crippen molar-refractivity contribution < 1.29 is 22.7 Å². The van der Waals surface area contributed by atoms with Gasteiger partial charge < -0.3 is 10.1 Å². The van der Waals surface area contributed by atoms with Crippen molar-refractivity contribution in [2.75, 3.05) is 29.0 Å². The average molecular weight is 537 g/mol. The number of sulfonamides is 1. The highest BCUT2D eigenvalue weighted by Crippen LogP contribution is 2.24. The number of esters is 1. The van der Waals surface area contributed by atoms with Crippen LogP contribution in [0.2, 0.25) is 5.02 Å². The van der Waals surface area contributed by atoms with Gasteiger partial charge in [0, 0.05) is 3.57 Å². The van der Waals surface area contributed by atoms with Crippen molar-refractivity contribution >= 4 is 67.5 Å². The summed E-state index contributed by atoms with van der Waals surface area (Å²) in [6.45, 7) is 1.50. The van der Waals surface area contributed by atoms with E-state index in [0.717, 1.165) is 14.1 Å². The van der Waals surface area contributed by atoms with E-state index in [1.54, 1.807) is 31.2 Å². The fraction of sp³-hybridized carbons (Fsp3) is 0.222. The third kappa shape index (κ3) is 6.08. The predicted octanol–water partition coefficient (Wildman–Crippen LogP) is 3.53. The van der Waals surface area contributed by atoms with Gasteiger partial charge in [-0.15, -0.1) is 0 Å². The fourth-order valence-electron chi connectivity index (χ4n) is 2.29. The Kier molecular flexibility index (Phi) is 7.67. The lowest BCUT2D eigenvalue weighted by Crippen LogP contribution is -2.37. The number of hydrogen-bond acceptors (Lipinski definition) is 5. The fourth-order valence-corrected chi connectivity index (χ4v) is 3.73. The van der Waals surface area contributed by atoms with Gasteiger partial charge in [0.2, 0.25) is 15.9 Å². The second-order valence-electron chi connectivity index (χ2n) is 5.71. The number of amides is 1. The van der Waals surface area contributed by atoms with Crippen molar-refractivity contribution in [3.63, 3.8) is 0 Å². The van der Waals surface area contributed by atoms with Gasteiger partial charge in [-0.05, 0) is 72.0 Å². The highest BCUT2D eigenvalue weighted by Gasteiger charge is 2.21. The van der Waals surface area contributed by atoms with Gasteiger partial charge in [-0.25, -0.2) is 13.2 Å². The molecule has 28 heavy (non-hydrogen) atoms. The standard InChI is InChI=1S/C18H18ClIN2O5S/c1-3-27-18(24)12-4-9-16(15(19)10-12)21-17(23)11-22(28(2,25)26)14-7-5-13(20)6-8-14/h4-10H,3,11H2,1-2H3,(H,21,23). The van der Waals surface area contributed by atoms with Crippen molar-refractivity contribution in [3.05, 3.63) is 56.6 Å². The largest absolute Gasteiger partial charge is 0.462 e. The molecule has 1 amide bonds. The maximum atomic E-state index is 12.4. The molecule has 2 rings (SSSR count). The molecule has 150 valence electrons. The summed E-state index contributed by atoms with van der Waals surface area (Å²) >= 11 is 8.23. The number of rotatable bonds is 7. The Morgan fingerprint density at radius 3 is 2.36 bits per heavy atom. The molecule has 0 atom stereocenters. The van der Waals surface area contributed by atoms with Crippen LogP contribution in [0.3, 0.4) is 0 Å². The third-order valence-electron chi connectivity index (χ3n) is 3.56. The Bertz CT molecular complexity index is 980. The van der Waals surface area contributed by atoms with Gasteiger partial charge >= 0.3 is 5.97 Å². The second-order valence-corrected chi connectivity index (χ2v) is 9.27. The summed E-state index contributed by atoms with van der Waals surface area (Å²) in [5, 5.41) is 2.70. The van der Waals surface area contributed by atoms with Crippen LogP contribution in [-0.4, -0.2) is 39.7 Å². The summed E-state index contributed by atoms with van der Waals surface area (Å²) in [5.41, 5.74) is 0.888. The highest BCUT2D eigenvalue weighted by molar-refractivity contribution is 14.1. The Balaban J connectivity index is 2.17. The van der Waals surface area contributed by atoms with Crippen LogP contribution in [0.5, 0.6) is 0 Å². The van der Waals surface area contributed by atoms with Crippen LogP contribution in [0.15, 0.2) is 42.5 Å². The Morgan fingerprint density at radius 1 is 1.18 bits per heavy atom. The number of anilines is 2. The maximum Gasteiger partial charge on any atom is 0.338 e. The van der Waals surface area contributed by atoms with Crippen LogP contribution in [0.4, 0.5) is 11.4 Å². The predicted molar refractivity (Wildman–Crippen MR) is 117 cm³/mol. The first kappa shape index (κ1) is 22.4. The molecule has 0 aromatic heterocycles. The summed E-state index contributed by atoms with van der Waals surface area (Å²) in [6.07, 6.45) is 1.03. The van der Waals surface area contributed by atoms with Crippen LogP contribution >= 0.6 is 34.2 Å². The van der Waals surface area contributed by atoms with Gasteiger partial charge in [-0.3, -0.25) is 9.10 Å². The molecule has 2 aromatic carbocycles. The number of nitrogens with one attached hydrogen (secondary N) is 1. The van der Waals surface area contributed by atoms with Crippen LogP contribution in [0.1, 0.15) is 17.3 Å². The first-order chi connectivity index (χ1) is 13.1. The molecule has 10 heteroatoms. The Hall–Kier alpha value is -1.85. The van der Waals surface area contributed by atoms with Crippen molar-refractivity contribution in [2.24, 2.45) is 0 Å². The van der Waals surface area contributed by atoms with Crippen molar-refractivity contribution in [3.8, 4) is 0 Å². The summed E-state index contributed by atoms with van der Waals surface area (Å²) < 4.78 is 31.1. The minimum atomic E-state index is -3.68. The second kappa shape index (κ2) is 9.57. The number of benzene rings is 2. The average Bonchev–Trinajstić information content (AvgIpc) is 2.61. The van der Waals surface area contributed by atoms with Gasteiger partial charge in [0.05, 0.1) is 34.8 Å². The van der Waals surface area contributed by atoms with Gasteiger partial charge in [0.25, 0.3) is 0 Å². The quantitative estimate of drug-likeness (QED) is 0.432. The number of carbonyl (C=O) groups is 2. The number of carbonyl (C=O) groups excluding carboxylic acids is 2. The molecule has 2 aromatic rings. The van der Waals surface area contributed by atoms with Crippen LogP contribution < -0.4 is 9.62 Å². The number of hydrogen-bond donors (Lipinski definition) is 1. The topological polar surface area (TPSA) is 92.8 Å². The molecule has 7 nitrogen and oxygen atoms in total. The molecule has 0 bridgehead atoms. The molecule has 0 saturated carbocycles. The van der Waals surface area contributed by atoms with E-state index in [1.165, 1.54) is 18.2 Å². The normalized spacial score (nSPS) is 11.0. The van der Waals surface area contributed by atoms with E-state index in [9.17, 15) is 18.0 Å². The van der Waals surface area contributed by atoms with E-state index in [0.29, 0.717) is 5.69 Å². The molecule has 0 aliphatic heterocycles. The summed E-state index contributed by atoms with van der Waals surface area (Å²) in [4.78, 5) is 24.1. The lowest BCUT2D eigenvalue weighted by atomic mass is 10.2. The SMILES string of the molecule is CCOC(=O)c1ccc(NC(=O)CN(c2ccc(I)cc2)S(C)(=O)=O)c(Cl)c1. The zero-order valence-electron chi connectivity index (χ0n) is 15.1. The van der Waals surface area contributed by atoms with E-state index in [4.69, 9.17) is 16.3 Å². The summed E-state index contributed by atoms with van der Waals surface area (Å²) in [5.74, 6) is -1.10. The van der Waals surface area contributed by atoms with Gasteiger partial charge in [0.15, 0.2) is 0 Å². The van der Waals surface area contributed by atoms with Gasteiger partial charge in [-0.1, -0.05) is 11.6 Å². The monoisotopic (exact) mass is 536 g/mol. The molecule has 0 unspecified atom stereocenters. The Labute approximate surface area is 182 Å². The van der Waals surface area contributed by atoms with Gasteiger partial charge in [0.1, 0.15) is 6.54 Å². The smallest absolute Gasteiger partial charge is 0.338 e. The van der Waals surface area contributed by atoms with Crippen LogP contribution in [0.25, 0.3) is 0 Å². The van der Waals surface area contributed by atoms with E-state index in [1.807, 2.05) is 0 Å². The number of halogens is 2. The highest BCUT2D eigenvalue weighted by atomic mass is 127. The lowest BCUT2D eigenvalue weighted by Gasteiger charge is -2.22. The van der Waals surface area contributed by atoms with Gasteiger partial charge in [-0.2, -0.15) is 0 Å². The zero-order valence-corrected chi connectivity index (χ0v) is 18.8. The molecule has 1 N–H and O–H groups in total. The van der Waals surface area contributed by atoms with E-state index in [2.05, 4.69) is 27.9 Å². The first-order valence-corrected chi connectivity index (χ1v) is 11.4. The first-order valence-electron chi connectivity index (χ1n) is 8.11. The molecule has 0 radical (unpaired) electrons. The number of nitrogens with zero attached hydrogens (tertiary/aromatic N) is 1. The van der Waals surface area contributed by atoms with Crippen molar-refractivity contribution in [1.82, 2.24) is 0 Å². The molecular formula is C18H18ClIN2O5S. The molecule has 0 aliphatic carbocycles. The zero-order chi connectivity index (χ0) is 20.9. The molecule has 0 spiro atoms. The third-order valence-corrected chi connectivity index (χ3v) is 5.73. The molecule has 0 aliphatic rings. The minimum absolute atomic E-state index is 0.138. The van der Waals surface area contributed by atoms with E-state index < -0.39 is 28.4 Å². The number of ether oxygens (including phenoxy) is 1. The molecule has 0 saturated heterocycles. The molecule has 0 fully saturated rings. The molecular weight excluding hydrogens is 519 g/mol. The maximum absolute atomic E-state index is 12.4. The van der Waals surface area contributed by atoms with E-state index >= 15 is 0 Å². The van der Waals surface area contributed by atoms with Crippen molar-refractivity contribution in [2.45, 2.75) is 6.92 Å². The molecule has 0 heterocycles. The lowest BCUT2D eigenvalue weighted by molar-refractivity contribution is -0.114. The van der Waals surface area contributed by atoms with Crippen LogP contribution in [-0.2, 0) is 19.6 Å². The minimum Gasteiger partial charge on any atom is -0.462 e. The van der Waals surface area contributed by atoms with Crippen molar-refractivity contribution in [1.29, 1.82) is 0 Å². The Morgan fingerprint density at radius 2 is 1.82 bits per heavy atom. The van der Waals surface area contributed by atoms with Crippen LogP contribution in [0, 0.1) is 3.57 Å².